The lowest BCUT2D eigenvalue weighted by molar-refractivity contribution is -0.144. The number of nitriles is 1. The summed E-state index contributed by atoms with van der Waals surface area (Å²) in [6, 6.07) is 20.3. The SMILES string of the molecule is CCOC(=O)[C@@H](CNC(=O)c1cccc(OCc2ccc(C#N)cc2)c1)NS(=O)(=O)c1ccc(C)cc1. The van der Waals surface area contributed by atoms with Gasteiger partial charge < -0.3 is 14.8 Å². The van der Waals surface area contributed by atoms with Crippen LogP contribution in [0.4, 0.5) is 0 Å². The van der Waals surface area contributed by atoms with E-state index in [-0.39, 0.29) is 30.2 Å². The van der Waals surface area contributed by atoms with Crippen molar-refractivity contribution in [3.63, 3.8) is 0 Å². The summed E-state index contributed by atoms with van der Waals surface area (Å²) >= 11 is 0. The van der Waals surface area contributed by atoms with Gasteiger partial charge in [-0.05, 0) is 61.9 Å². The summed E-state index contributed by atoms with van der Waals surface area (Å²) in [7, 11) is -4.04. The molecule has 3 rings (SSSR count). The van der Waals surface area contributed by atoms with Gasteiger partial charge in [-0.15, -0.1) is 0 Å². The molecular formula is C27H27N3O6S. The molecular weight excluding hydrogens is 494 g/mol. The zero-order chi connectivity index (χ0) is 26.8. The zero-order valence-electron chi connectivity index (χ0n) is 20.4. The fourth-order valence-corrected chi connectivity index (χ4v) is 4.44. The van der Waals surface area contributed by atoms with Crippen LogP contribution in [0.25, 0.3) is 0 Å². The fourth-order valence-electron chi connectivity index (χ4n) is 3.25. The molecule has 0 saturated heterocycles. The number of hydrogen-bond acceptors (Lipinski definition) is 7. The standard InChI is InChI=1S/C27H27N3O6S/c1-3-35-27(32)25(30-37(33,34)24-13-7-19(2)8-14-24)17-29-26(31)22-5-4-6-23(15-22)36-18-21-11-9-20(16-28)10-12-21/h4-15,25,30H,3,17-18H2,1-2H3,(H,29,31)/t25-/m1/s1. The molecule has 3 aromatic carbocycles. The number of nitrogens with one attached hydrogen (secondary N) is 2. The predicted molar refractivity (Wildman–Crippen MR) is 136 cm³/mol. The van der Waals surface area contributed by atoms with Gasteiger partial charge in [0.1, 0.15) is 18.4 Å². The Balaban J connectivity index is 1.65. The number of benzene rings is 3. The van der Waals surface area contributed by atoms with Crippen LogP contribution in [-0.2, 0) is 26.2 Å². The lowest BCUT2D eigenvalue weighted by Crippen LogP contribution is -2.49. The minimum atomic E-state index is -4.04. The zero-order valence-corrected chi connectivity index (χ0v) is 21.2. The summed E-state index contributed by atoms with van der Waals surface area (Å²) in [6.07, 6.45) is 0. The average molecular weight is 522 g/mol. The number of rotatable bonds is 11. The van der Waals surface area contributed by atoms with Crippen molar-refractivity contribution in [2.75, 3.05) is 13.2 Å². The first-order valence-electron chi connectivity index (χ1n) is 11.5. The van der Waals surface area contributed by atoms with Crippen LogP contribution in [0.1, 0.15) is 34.0 Å². The molecule has 192 valence electrons. The predicted octanol–water partition coefficient (Wildman–Crippen LogP) is 3.09. The van der Waals surface area contributed by atoms with Crippen molar-refractivity contribution in [1.29, 1.82) is 5.26 Å². The van der Waals surface area contributed by atoms with Crippen molar-refractivity contribution < 1.29 is 27.5 Å². The van der Waals surface area contributed by atoms with Crippen molar-refractivity contribution in [2.24, 2.45) is 0 Å². The normalized spacial score (nSPS) is 11.7. The maximum absolute atomic E-state index is 12.8. The largest absolute Gasteiger partial charge is 0.489 e. The van der Waals surface area contributed by atoms with Crippen molar-refractivity contribution >= 4 is 21.9 Å². The molecule has 9 nitrogen and oxygen atoms in total. The van der Waals surface area contributed by atoms with Crippen LogP contribution < -0.4 is 14.8 Å². The third kappa shape index (κ3) is 7.90. The van der Waals surface area contributed by atoms with Gasteiger partial charge in [0, 0.05) is 12.1 Å². The summed E-state index contributed by atoms with van der Waals surface area (Å²) in [5.74, 6) is -0.885. The van der Waals surface area contributed by atoms with E-state index in [1.807, 2.05) is 6.92 Å². The summed E-state index contributed by atoms with van der Waals surface area (Å²) in [5.41, 5.74) is 2.55. The van der Waals surface area contributed by atoms with Crippen LogP contribution in [0.5, 0.6) is 5.75 Å². The highest BCUT2D eigenvalue weighted by Crippen LogP contribution is 2.16. The van der Waals surface area contributed by atoms with Crippen LogP contribution in [0, 0.1) is 18.3 Å². The maximum Gasteiger partial charge on any atom is 0.326 e. The lowest BCUT2D eigenvalue weighted by atomic mass is 10.1. The molecule has 0 fully saturated rings. The molecule has 37 heavy (non-hydrogen) atoms. The number of aryl methyl sites for hydroxylation is 1. The monoisotopic (exact) mass is 521 g/mol. The minimum absolute atomic E-state index is 0.00848. The highest BCUT2D eigenvalue weighted by atomic mass is 32.2. The molecule has 0 bridgehead atoms. The van der Waals surface area contributed by atoms with Gasteiger partial charge in [-0.25, -0.2) is 8.42 Å². The molecule has 0 unspecified atom stereocenters. The number of carbonyl (C=O) groups excluding carboxylic acids is 2. The average Bonchev–Trinajstić information content (AvgIpc) is 2.90. The van der Waals surface area contributed by atoms with Crippen LogP contribution in [-0.4, -0.2) is 39.5 Å². The molecule has 0 heterocycles. The van der Waals surface area contributed by atoms with Crippen molar-refractivity contribution in [3.05, 3.63) is 95.1 Å². The number of carbonyl (C=O) groups is 2. The smallest absolute Gasteiger partial charge is 0.326 e. The van der Waals surface area contributed by atoms with Crippen LogP contribution in [0.2, 0.25) is 0 Å². The Morgan fingerprint density at radius 1 is 1.03 bits per heavy atom. The number of sulfonamides is 1. The van der Waals surface area contributed by atoms with Gasteiger partial charge in [0.25, 0.3) is 5.91 Å². The van der Waals surface area contributed by atoms with Gasteiger partial charge >= 0.3 is 5.97 Å². The van der Waals surface area contributed by atoms with E-state index in [0.29, 0.717) is 11.3 Å². The van der Waals surface area contributed by atoms with Crippen LogP contribution in [0.15, 0.2) is 77.7 Å². The molecule has 0 aliphatic carbocycles. The Morgan fingerprint density at radius 2 is 1.73 bits per heavy atom. The lowest BCUT2D eigenvalue weighted by Gasteiger charge is -2.18. The van der Waals surface area contributed by atoms with E-state index in [1.54, 1.807) is 61.5 Å². The highest BCUT2D eigenvalue weighted by Gasteiger charge is 2.27. The second-order valence-electron chi connectivity index (χ2n) is 8.07. The number of nitrogens with zero attached hydrogens (tertiary/aromatic N) is 1. The van der Waals surface area contributed by atoms with Gasteiger partial charge in [-0.2, -0.15) is 9.98 Å². The molecule has 3 aromatic rings. The first kappa shape index (κ1) is 27.4. The first-order chi connectivity index (χ1) is 17.7. The molecule has 2 N–H and O–H groups in total. The summed E-state index contributed by atoms with van der Waals surface area (Å²) < 4.78 is 38.6. The Morgan fingerprint density at radius 3 is 2.38 bits per heavy atom. The van der Waals surface area contributed by atoms with E-state index >= 15 is 0 Å². The van der Waals surface area contributed by atoms with Crippen molar-refractivity contribution in [3.8, 4) is 11.8 Å². The van der Waals surface area contributed by atoms with Gasteiger partial charge in [-0.3, -0.25) is 9.59 Å². The van der Waals surface area contributed by atoms with Crippen molar-refractivity contribution in [2.45, 2.75) is 31.4 Å². The number of amides is 1. The number of hydrogen-bond donors (Lipinski definition) is 2. The molecule has 0 spiro atoms. The van der Waals surface area contributed by atoms with E-state index in [4.69, 9.17) is 14.7 Å². The highest BCUT2D eigenvalue weighted by molar-refractivity contribution is 7.89. The van der Waals surface area contributed by atoms with Gasteiger partial charge in [0.15, 0.2) is 0 Å². The third-order valence-corrected chi connectivity index (χ3v) is 6.74. The van der Waals surface area contributed by atoms with Gasteiger partial charge in [-0.1, -0.05) is 35.9 Å². The Bertz CT molecular complexity index is 1380. The Labute approximate surface area is 216 Å². The van der Waals surface area contributed by atoms with Crippen LogP contribution >= 0.6 is 0 Å². The van der Waals surface area contributed by atoms with Crippen LogP contribution in [0.3, 0.4) is 0 Å². The Kier molecular flexibility index (Phi) is 9.38. The topological polar surface area (TPSA) is 135 Å². The maximum atomic E-state index is 12.8. The number of esters is 1. The molecule has 10 heteroatoms. The van der Waals surface area contributed by atoms with Gasteiger partial charge in [0.05, 0.1) is 23.1 Å². The van der Waals surface area contributed by atoms with Crippen molar-refractivity contribution in [1.82, 2.24) is 10.0 Å². The summed E-state index contributed by atoms with van der Waals surface area (Å²) in [6.45, 7) is 3.40. The summed E-state index contributed by atoms with van der Waals surface area (Å²) in [4.78, 5) is 25.2. The molecule has 1 amide bonds. The quantitative estimate of drug-likeness (QED) is 0.370. The molecule has 1 atom stereocenters. The van der Waals surface area contributed by atoms with E-state index in [2.05, 4.69) is 16.1 Å². The molecule has 0 aliphatic rings. The van der Waals surface area contributed by atoms with E-state index in [9.17, 15) is 18.0 Å². The summed E-state index contributed by atoms with van der Waals surface area (Å²) in [5, 5.41) is 11.5. The fraction of sp³-hybridized carbons (Fsp3) is 0.222. The molecule has 0 aromatic heterocycles. The number of ether oxygens (including phenoxy) is 2. The van der Waals surface area contributed by atoms with E-state index < -0.39 is 27.9 Å². The molecule has 0 saturated carbocycles. The second-order valence-corrected chi connectivity index (χ2v) is 9.79. The van der Waals surface area contributed by atoms with E-state index in [0.717, 1.165) is 11.1 Å². The molecule has 0 radical (unpaired) electrons. The first-order valence-corrected chi connectivity index (χ1v) is 13.0. The second kappa shape index (κ2) is 12.7. The van der Waals surface area contributed by atoms with E-state index in [1.165, 1.54) is 18.2 Å². The third-order valence-electron chi connectivity index (χ3n) is 5.25. The van der Waals surface area contributed by atoms with Gasteiger partial charge in [0.2, 0.25) is 10.0 Å². The molecule has 0 aliphatic heterocycles. The Hall–Kier alpha value is -4.20. The minimum Gasteiger partial charge on any atom is -0.489 e.